The predicted octanol–water partition coefficient (Wildman–Crippen LogP) is 3.53. The van der Waals surface area contributed by atoms with Gasteiger partial charge in [0.15, 0.2) is 0 Å². The van der Waals surface area contributed by atoms with Crippen molar-refractivity contribution in [3.63, 3.8) is 0 Å². The van der Waals surface area contributed by atoms with Crippen LogP contribution in [0.3, 0.4) is 0 Å². The fraction of sp³-hybridized carbons (Fsp3) is 0.524. The summed E-state index contributed by atoms with van der Waals surface area (Å²) < 4.78 is 5.76. The van der Waals surface area contributed by atoms with E-state index in [0.717, 1.165) is 47.3 Å². The summed E-state index contributed by atoms with van der Waals surface area (Å²) in [6, 6.07) is 8.40. The smallest absolute Gasteiger partial charge is 0.222 e. The number of para-hydroxylation sites is 1. The highest BCUT2D eigenvalue weighted by Crippen LogP contribution is 2.26. The van der Waals surface area contributed by atoms with Crippen molar-refractivity contribution in [3.05, 3.63) is 35.4 Å². The van der Waals surface area contributed by atoms with Gasteiger partial charge in [0.25, 0.3) is 0 Å². The van der Waals surface area contributed by atoms with Crippen molar-refractivity contribution in [1.29, 1.82) is 0 Å². The van der Waals surface area contributed by atoms with E-state index >= 15 is 0 Å². The Morgan fingerprint density at radius 3 is 2.81 bits per heavy atom. The van der Waals surface area contributed by atoms with Gasteiger partial charge in [-0.1, -0.05) is 25.1 Å². The van der Waals surface area contributed by atoms with Gasteiger partial charge in [-0.25, -0.2) is 4.98 Å². The molecule has 1 aliphatic heterocycles. The quantitative estimate of drug-likeness (QED) is 0.795. The Hall–Kier alpha value is -2.14. The number of benzene rings is 1. The van der Waals surface area contributed by atoms with Crippen LogP contribution in [0.5, 0.6) is 0 Å². The van der Waals surface area contributed by atoms with Crippen LogP contribution in [0, 0.1) is 6.92 Å². The number of nitrogens with zero attached hydrogens (tertiary/aromatic N) is 3. The summed E-state index contributed by atoms with van der Waals surface area (Å²) in [5, 5.41) is 1.12. The first-order valence-electron chi connectivity index (χ1n) is 9.45. The minimum absolute atomic E-state index is 0.156. The van der Waals surface area contributed by atoms with E-state index in [2.05, 4.69) is 31.2 Å². The molecule has 0 saturated carbocycles. The van der Waals surface area contributed by atoms with Crippen LogP contribution in [0.4, 0.5) is 5.82 Å². The topological polar surface area (TPSA) is 45.7 Å². The molecule has 140 valence electrons. The summed E-state index contributed by atoms with van der Waals surface area (Å²) in [6.07, 6.45) is 2.77. The third-order valence-corrected chi connectivity index (χ3v) is 4.99. The number of hydrogen-bond acceptors (Lipinski definition) is 4. The van der Waals surface area contributed by atoms with Crippen LogP contribution in [0.15, 0.2) is 24.3 Å². The van der Waals surface area contributed by atoms with E-state index in [1.807, 2.05) is 30.8 Å². The fourth-order valence-electron chi connectivity index (χ4n) is 3.60. The van der Waals surface area contributed by atoms with E-state index in [9.17, 15) is 4.79 Å². The van der Waals surface area contributed by atoms with E-state index in [-0.39, 0.29) is 12.0 Å². The second kappa shape index (κ2) is 8.04. The van der Waals surface area contributed by atoms with Crippen molar-refractivity contribution in [2.45, 2.75) is 45.8 Å². The standard InChI is InChI=1S/C21H29N3O2/c1-5-19(25)24(14-18-10-7-11-26-18)13-17-12-16-9-6-8-15(2)20(16)22-21(17)23(3)4/h6,8-9,12,18H,5,7,10-11,13-14H2,1-4H3. The molecule has 0 aliphatic carbocycles. The van der Waals surface area contributed by atoms with Gasteiger partial charge in [0, 0.05) is 51.2 Å². The summed E-state index contributed by atoms with van der Waals surface area (Å²) in [5.74, 6) is 1.09. The first-order chi connectivity index (χ1) is 12.5. The number of carbonyl (C=O) groups is 1. The maximum Gasteiger partial charge on any atom is 0.222 e. The minimum atomic E-state index is 0.156. The van der Waals surface area contributed by atoms with Gasteiger partial charge in [0.05, 0.1) is 11.6 Å². The molecule has 5 nitrogen and oxygen atoms in total. The SMILES string of the molecule is CCC(=O)N(Cc1cc2cccc(C)c2nc1N(C)C)CC1CCCO1. The molecule has 1 unspecified atom stereocenters. The number of ether oxygens (including phenoxy) is 1. The molecule has 0 radical (unpaired) electrons. The van der Waals surface area contributed by atoms with Gasteiger partial charge in [-0.05, 0) is 31.4 Å². The van der Waals surface area contributed by atoms with Crippen molar-refractivity contribution in [1.82, 2.24) is 9.88 Å². The number of aromatic nitrogens is 1. The summed E-state index contributed by atoms with van der Waals surface area (Å²) >= 11 is 0. The monoisotopic (exact) mass is 355 g/mol. The molecule has 1 atom stereocenters. The average molecular weight is 355 g/mol. The number of amides is 1. The third-order valence-electron chi connectivity index (χ3n) is 4.99. The second-order valence-electron chi connectivity index (χ2n) is 7.28. The highest BCUT2D eigenvalue weighted by atomic mass is 16.5. The molecular formula is C21H29N3O2. The molecule has 1 saturated heterocycles. The second-order valence-corrected chi connectivity index (χ2v) is 7.28. The molecule has 5 heteroatoms. The van der Waals surface area contributed by atoms with Crippen molar-refractivity contribution in [2.75, 3.05) is 32.1 Å². The Balaban J connectivity index is 1.95. The van der Waals surface area contributed by atoms with Gasteiger partial charge in [0.1, 0.15) is 5.82 Å². The van der Waals surface area contributed by atoms with Crippen molar-refractivity contribution in [2.24, 2.45) is 0 Å². The normalized spacial score (nSPS) is 16.8. The first-order valence-corrected chi connectivity index (χ1v) is 9.45. The molecule has 0 spiro atoms. The van der Waals surface area contributed by atoms with E-state index in [0.29, 0.717) is 19.5 Å². The first kappa shape index (κ1) is 18.6. The van der Waals surface area contributed by atoms with Crippen LogP contribution >= 0.6 is 0 Å². The molecule has 1 aromatic carbocycles. The van der Waals surface area contributed by atoms with Gasteiger partial charge >= 0.3 is 0 Å². The van der Waals surface area contributed by atoms with Crippen LogP contribution in [-0.2, 0) is 16.1 Å². The van der Waals surface area contributed by atoms with Gasteiger partial charge < -0.3 is 14.5 Å². The molecule has 0 bridgehead atoms. The molecule has 3 rings (SSSR count). The zero-order valence-electron chi connectivity index (χ0n) is 16.3. The summed E-state index contributed by atoms with van der Waals surface area (Å²) in [4.78, 5) is 21.4. The highest BCUT2D eigenvalue weighted by Gasteiger charge is 2.23. The van der Waals surface area contributed by atoms with Crippen LogP contribution in [0.2, 0.25) is 0 Å². The lowest BCUT2D eigenvalue weighted by atomic mass is 10.1. The van der Waals surface area contributed by atoms with Crippen LogP contribution < -0.4 is 4.90 Å². The van der Waals surface area contributed by atoms with Crippen molar-refractivity contribution < 1.29 is 9.53 Å². The largest absolute Gasteiger partial charge is 0.376 e. The molecule has 1 aliphatic rings. The van der Waals surface area contributed by atoms with E-state index < -0.39 is 0 Å². The van der Waals surface area contributed by atoms with Gasteiger partial charge in [-0.3, -0.25) is 4.79 Å². The third kappa shape index (κ3) is 3.98. The lowest BCUT2D eigenvalue weighted by molar-refractivity contribution is -0.133. The van der Waals surface area contributed by atoms with E-state index in [1.54, 1.807) is 0 Å². The van der Waals surface area contributed by atoms with Gasteiger partial charge in [0.2, 0.25) is 5.91 Å². The van der Waals surface area contributed by atoms with E-state index in [4.69, 9.17) is 9.72 Å². The molecule has 2 heterocycles. The fourth-order valence-corrected chi connectivity index (χ4v) is 3.60. The number of pyridine rings is 1. The van der Waals surface area contributed by atoms with Crippen LogP contribution in [-0.4, -0.2) is 49.1 Å². The number of rotatable bonds is 6. The molecule has 26 heavy (non-hydrogen) atoms. The van der Waals surface area contributed by atoms with Crippen LogP contribution in [0.1, 0.15) is 37.3 Å². The average Bonchev–Trinajstić information content (AvgIpc) is 3.13. The Bertz CT molecular complexity index is 782. The molecule has 1 aromatic heterocycles. The van der Waals surface area contributed by atoms with E-state index in [1.165, 1.54) is 0 Å². The zero-order valence-corrected chi connectivity index (χ0v) is 16.3. The van der Waals surface area contributed by atoms with Gasteiger partial charge in [-0.2, -0.15) is 0 Å². The van der Waals surface area contributed by atoms with Crippen LogP contribution in [0.25, 0.3) is 10.9 Å². The molecular weight excluding hydrogens is 326 g/mol. The lowest BCUT2D eigenvalue weighted by Crippen LogP contribution is -2.37. The highest BCUT2D eigenvalue weighted by molar-refractivity contribution is 5.85. The maximum atomic E-state index is 12.5. The molecule has 0 N–H and O–H groups in total. The summed E-state index contributed by atoms with van der Waals surface area (Å²) in [5.41, 5.74) is 3.26. The Kier molecular flexibility index (Phi) is 5.77. The lowest BCUT2D eigenvalue weighted by Gasteiger charge is -2.27. The number of fused-ring (bicyclic) bond motifs is 1. The molecule has 2 aromatic rings. The number of hydrogen-bond donors (Lipinski definition) is 0. The number of carbonyl (C=O) groups excluding carboxylic acids is 1. The summed E-state index contributed by atoms with van der Waals surface area (Å²) in [6.45, 7) is 6.03. The molecule has 1 amide bonds. The minimum Gasteiger partial charge on any atom is -0.376 e. The maximum absolute atomic E-state index is 12.5. The predicted molar refractivity (Wildman–Crippen MR) is 105 cm³/mol. The van der Waals surface area contributed by atoms with Crippen molar-refractivity contribution in [3.8, 4) is 0 Å². The van der Waals surface area contributed by atoms with Gasteiger partial charge in [-0.15, -0.1) is 0 Å². The van der Waals surface area contributed by atoms with Crippen molar-refractivity contribution >= 4 is 22.6 Å². The zero-order chi connectivity index (χ0) is 18.7. The Morgan fingerprint density at radius 1 is 1.35 bits per heavy atom. The Labute approximate surface area is 156 Å². The number of anilines is 1. The number of aryl methyl sites for hydroxylation is 1. The Morgan fingerprint density at radius 2 is 2.15 bits per heavy atom. The molecule has 1 fully saturated rings. The summed E-state index contributed by atoms with van der Waals surface area (Å²) in [7, 11) is 4.00.